The Balaban J connectivity index is 1.39. The van der Waals surface area contributed by atoms with Crippen LogP contribution in [0.1, 0.15) is 30.1 Å². The van der Waals surface area contributed by atoms with E-state index in [0.717, 1.165) is 24.5 Å². The second-order valence-corrected chi connectivity index (χ2v) is 6.98. The van der Waals surface area contributed by atoms with E-state index in [1.54, 1.807) is 6.20 Å². The van der Waals surface area contributed by atoms with Gasteiger partial charge in [-0.25, -0.2) is 4.98 Å². The van der Waals surface area contributed by atoms with Gasteiger partial charge in [-0.1, -0.05) is 24.2 Å². The molecule has 0 radical (unpaired) electrons. The fourth-order valence-corrected chi connectivity index (χ4v) is 3.45. The second kappa shape index (κ2) is 8.94. The molecule has 1 saturated heterocycles. The molecule has 1 aliphatic rings. The van der Waals surface area contributed by atoms with E-state index in [1.807, 2.05) is 55.1 Å². The van der Waals surface area contributed by atoms with Crippen LogP contribution in [0.25, 0.3) is 11.4 Å². The number of rotatable bonds is 6. The molecule has 0 bridgehead atoms. The fourth-order valence-electron chi connectivity index (χ4n) is 3.45. The minimum absolute atomic E-state index is 0.00541. The van der Waals surface area contributed by atoms with Gasteiger partial charge < -0.3 is 19.1 Å². The number of carbonyl (C=O) groups is 1. The van der Waals surface area contributed by atoms with Crippen LogP contribution < -0.4 is 9.64 Å². The average molecular weight is 407 g/mol. The molecule has 2 aromatic heterocycles. The van der Waals surface area contributed by atoms with Gasteiger partial charge in [0.1, 0.15) is 11.6 Å². The summed E-state index contributed by atoms with van der Waals surface area (Å²) in [6, 6.07) is 11.3. The molecule has 1 aromatic carbocycles. The highest BCUT2D eigenvalue weighted by Crippen LogP contribution is 2.23. The second-order valence-electron chi connectivity index (χ2n) is 6.98. The van der Waals surface area contributed by atoms with Crippen molar-refractivity contribution in [3.05, 3.63) is 54.0 Å². The monoisotopic (exact) mass is 407 g/mol. The van der Waals surface area contributed by atoms with Crippen molar-refractivity contribution in [2.24, 2.45) is 0 Å². The first-order chi connectivity index (χ1) is 14.7. The summed E-state index contributed by atoms with van der Waals surface area (Å²) in [6.07, 6.45) is 2.46. The topological polar surface area (TPSA) is 84.6 Å². The van der Waals surface area contributed by atoms with Crippen molar-refractivity contribution in [1.29, 1.82) is 0 Å². The zero-order valence-corrected chi connectivity index (χ0v) is 17.2. The van der Waals surface area contributed by atoms with Gasteiger partial charge in [0, 0.05) is 44.4 Å². The molecule has 4 rings (SSSR count). The quantitative estimate of drug-likeness (QED) is 0.621. The number of anilines is 1. The molecule has 156 valence electrons. The van der Waals surface area contributed by atoms with Crippen molar-refractivity contribution in [1.82, 2.24) is 20.0 Å². The molecular weight excluding hydrogens is 382 g/mol. The van der Waals surface area contributed by atoms with Gasteiger partial charge in [-0.15, -0.1) is 0 Å². The molecule has 1 amide bonds. The predicted molar refractivity (Wildman–Crippen MR) is 113 cm³/mol. The lowest BCUT2D eigenvalue weighted by atomic mass is 10.1. The Hall–Kier alpha value is -3.42. The van der Waals surface area contributed by atoms with Gasteiger partial charge in [0.25, 0.3) is 5.91 Å². The number of piperazine rings is 1. The average Bonchev–Trinajstić information content (AvgIpc) is 3.29. The van der Waals surface area contributed by atoms with Gasteiger partial charge in [0.15, 0.2) is 0 Å². The molecule has 1 fully saturated rings. The van der Waals surface area contributed by atoms with Crippen molar-refractivity contribution in [2.45, 2.75) is 20.3 Å². The molecule has 8 heteroatoms. The van der Waals surface area contributed by atoms with Crippen LogP contribution in [0.4, 0.5) is 5.82 Å². The number of ether oxygens (including phenoxy) is 1. The summed E-state index contributed by atoms with van der Waals surface area (Å²) in [5.41, 5.74) is 1.44. The molecule has 0 atom stereocenters. The Kier molecular flexibility index (Phi) is 5.92. The molecule has 0 N–H and O–H groups in total. The van der Waals surface area contributed by atoms with Crippen molar-refractivity contribution < 1.29 is 14.1 Å². The van der Waals surface area contributed by atoms with E-state index in [-0.39, 0.29) is 5.91 Å². The van der Waals surface area contributed by atoms with Gasteiger partial charge >= 0.3 is 0 Å². The Morgan fingerprint density at radius 2 is 1.90 bits per heavy atom. The maximum Gasteiger partial charge on any atom is 0.257 e. The number of amides is 1. The van der Waals surface area contributed by atoms with E-state index < -0.39 is 0 Å². The molecule has 0 spiro atoms. The largest absolute Gasteiger partial charge is 0.493 e. The third-order valence-corrected chi connectivity index (χ3v) is 5.08. The van der Waals surface area contributed by atoms with Crippen molar-refractivity contribution in [2.75, 3.05) is 37.7 Å². The summed E-state index contributed by atoms with van der Waals surface area (Å²) in [6.45, 7) is 7.12. The van der Waals surface area contributed by atoms with Crippen molar-refractivity contribution >= 4 is 11.7 Å². The van der Waals surface area contributed by atoms with E-state index in [4.69, 9.17) is 9.26 Å². The number of benzene rings is 1. The van der Waals surface area contributed by atoms with E-state index >= 15 is 0 Å². The summed E-state index contributed by atoms with van der Waals surface area (Å²) < 4.78 is 10.8. The third-order valence-electron chi connectivity index (χ3n) is 5.08. The Bertz CT molecular complexity index is 994. The lowest BCUT2D eigenvalue weighted by Crippen LogP contribution is -2.49. The van der Waals surface area contributed by atoms with Crippen molar-refractivity contribution in [3.63, 3.8) is 0 Å². The number of para-hydroxylation sites is 1. The number of nitrogens with zero attached hydrogens (tertiary/aromatic N) is 5. The summed E-state index contributed by atoms with van der Waals surface area (Å²) in [5.74, 6) is 2.68. The Morgan fingerprint density at radius 3 is 2.57 bits per heavy atom. The maximum absolute atomic E-state index is 13.0. The summed E-state index contributed by atoms with van der Waals surface area (Å²) in [4.78, 5) is 25.9. The minimum atomic E-state index is 0.00541. The van der Waals surface area contributed by atoms with E-state index in [9.17, 15) is 4.79 Å². The SMILES string of the molecule is CCOc1ccccc1C(=O)N1CCN(c2ccc(-c3noc(CC)n3)cn2)CC1. The number of aromatic nitrogens is 3. The molecule has 1 aliphatic heterocycles. The molecular formula is C22H25N5O3. The van der Waals surface area contributed by atoms with Crippen LogP contribution in [-0.2, 0) is 6.42 Å². The third kappa shape index (κ3) is 4.12. The summed E-state index contributed by atoms with van der Waals surface area (Å²) in [5, 5.41) is 3.98. The van der Waals surface area contributed by atoms with E-state index in [0.29, 0.717) is 49.1 Å². The summed E-state index contributed by atoms with van der Waals surface area (Å²) in [7, 11) is 0. The first kappa shape index (κ1) is 19.9. The number of aryl methyl sites for hydroxylation is 1. The van der Waals surface area contributed by atoms with Crippen LogP contribution in [0.3, 0.4) is 0 Å². The molecule has 0 unspecified atom stereocenters. The van der Waals surface area contributed by atoms with Crippen molar-refractivity contribution in [3.8, 4) is 17.1 Å². The Labute approximate surface area is 175 Å². The van der Waals surface area contributed by atoms with Crippen LogP contribution in [0.5, 0.6) is 5.75 Å². The zero-order chi connectivity index (χ0) is 20.9. The number of pyridine rings is 1. The molecule has 8 nitrogen and oxygen atoms in total. The Morgan fingerprint density at radius 1 is 1.10 bits per heavy atom. The predicted octanol–water partition coefficient (Wildman–Crippen LogP) is 3.06. The van der Waals surface area contributed by atoms with E-state index in [1.165, 1.54) is 0 Å². The van der Waals surface area contributed by atoms with Gasteiger partial charge in [0.2, 0.25) is 11.7 Å². The lowest BCUT2D eigenvalue weighted by molar-refractivity contribution is 0.0742. The van der Waals surface area contributed by atoms with Gasteiger partial charge in [-0.2, -0.15) is 4.98 Å². The first-order valence-electron chi connectivity index (χ1n) is 10.2. The van der Waals surface area contributed by atoms with Crippen LogP contribution in [0.15, 0.2) is 47.1 Å². The van der Waals surface area contributed by atoms with Crippen LogP contribution in [-0.4, -0.2) is 58.7 Å². The highest BCUT2D eigenvalue weighted by Gasteiger charge is 2.25. The lowest BCUT2D eigenvalue weighted by Gasteiger charge is -2.35. The van der Waals surface area contributed by atoms with Gasteiger partial charge in [0.05, 0.1) is 12.2 Å². The normalized spacial score (nSPS) is 14.1. The molecule has 0 saturated carbocycles. The highest BCUT2D eigenvalue weighted by molar-refractivity contribution is 5.97. The molecule has 3 heterocycles. The maximum atomic E-state index is 13.0. The first-order valence-corrected chi connectivity index (χ1v) is 10.2. The fraction of sp³-hybridized carbons (Fsp3) is 0.364. The smallest absolute Gasteiger partial charge is 0.257 e. The van der Waals surface area contributed by atoms with Gasteiger partial charge in [-0.05, 0) is 31.2 Å². The van der Waals surface area contributed by atoms with Gasteiger partial charge in [-0.3, -0.25) is 4.79 Å². The van der Waals surface area contributed by atoms with Crippen LogP contribution in [0, 0.1) is 0 Å². The number of hydrogen-bond acceptors (Lipinski definition) is 7. The molecule has 3 aromatic rings. The number of carbonyl (C=O) groups excluding carboxylic acids is 1. The molecule has 30 heavy (non-hydrogen) atoms. The minimum Gasteiger partial charge on any atom is -0.493 e. The number of hydrogen-bond donors (Lipinski definition) is 0. The zero-order valence-electron chi connectivity index (χ0n) is 17.2. The standard InChI is InChI=1S/C22H25N5O3/c1-3-20-24-21(25-30-20)16-9-10-19(23-15-16)26-11-13-27(14-12-26)22(28)17-7-5-6-8-18(17)29-4-2/h5-10,15H,3-4,11-14H2,1-2H3. The highest BCUT2D eigenvalue weighted by atomic mass is 16.5. The van der Waals surface area contributed by atoms with Crippen LogP contribution >= 0.6 is 0 Å². The van der Waals surface area contributed by atoms with Crippen LogP contribution in [0.2, 0.25) is 0 Å². The van der Waals surface area contributed by atoms with E-state index in [2.05, 4.69) is 20.0 Å². The summed E-state index contributed by atoms with van der Waals surface area (Å²) >= 11 is 0. The molecule has 0 aliphatic carbocycles.